The summed E-state index contributed by atoms with van der Waals surface area (Å²) in [7, 11) is 4.46. The maximum Gasteiger partial charge on any atom is 0.126 e. The van der Waals surface area contributed by atoms with Crippen molar-refractivity contribution in [2.24, 2.45) is 14.1 Å². The van der Waals surface area contributed by atoms with Gasteiger partial charge in [0.15, 0.2) is 0 Å². The minimum atomic E-state index is -0.365. The summed E-state index contributed by atoms with van der Waals surface area (Å²) in [5.74, 6) is 0.775. The van der Waals surface area contributed by atoms with Gasteiger partial charge in [0.25, 0.3) is 0 Å². The minimum Gasteiger partial charge on any atom is -0.274 e. The quantitative estimate of drug-likeness (QED) is 0.566. The highest BCUT2D eigenvalue weighted by Crippen LogP contribution is 2.74. The van der Waals surface area contributed by atoms with Crippen LogP contribution in [0.4, 0.5) is 0 Å². The van der Waals surface area contributed by atoms with Crippen LogP contribution >= 0.6 is 0 Å². The van der Waals surface area contributed by atoms with E-state index in [-0.39, 0.29) is 6.71 Å². The zero-order chi connectivity index (χ0) is 15.6. The Labute approximate surface area is 138 Å². The number of hydrogen-bond acceptors (Lipinski definition) is 0. The summed E-state index contributed by atoms with van der Waals surface area (Å²) in [5, 5.41) is 0.495. The molecule has 1 aromatic carbocycles. The van der Waals surface area contributed by atoms with Gasteiger partial charge in [-0.1, -0.05) is 55.2 Å². The van der Waals surface area contributed by atoms with Crippen molar-refractivity contribution < 1.29 is 4.57 Å². The zero-order valence-corrected chi connectivity index (χ0v) is 14.3. The van der Waals surface area contributed by atoms with E-state index in [1.165, 1.54) is 37.7 Å². The number of allylic oxidation sites excluding steroid dienone is 1. The molecule has 2 fully saturated rings. The molecule has 3 atom stereocenters. The van der Waals surface area contributed by atoms with Gasteiger partial charge in [0.1, 0.15) is 19.1 Å². The molecule has 3 heteroatoms. The second kappa shape index (κ2) is 4.62. The summed E-state index contributed by atoms with van der Waals surface area (Å²) >= 11 is 0. The normalized spacial score (nSPS) is 31.5. The van der Waals surface area contributed by atoms with Gasteiger partial charge >= 0.3 is 0 Å². The van der Waals surface area contributed by atoms with Crippen LogP contribution in [0.15, 0.2) is 42.2 Å². The fourth-order valence-corrected chi connectivity index (χ4v) is 6.23. The van der Waals surface area contributed by atoms with Gasteiger partial charge in [-0.3, -0.25) is 9.13 Å². The molecule has 1 aromatic heterocycles. The first-order chi connectivity index (χ1) is 11.2. The molecule has 0 radical (unpaired) electrons. The van der Waals surface area contributed by atoms with Crippen LogP contribution < -0.4 is 10.3 Å². The minimum absolute atomic E-state index is 0.365. The van der Waals surface area contributed by atoms with Crippen molar-refractivity contribution in [1.29, 1.82) is 0 Å². The topological polar surface area (TPSA) is 8.81 Å². The Morgan fingerprint density at radius 2 is 2.09 bits per heavy atom. The van der Waals surface area contributed by atoms with E-state index in [9.17, 15) is 0 Å². The van der Waals surface area contributed by atoms with Gasteiger partial charge in [0.05, 0.1) is 19.8 Å². The number of aromatic nitrogens is 2. The average Bonchev–Trinajstić information content (AvgIpc) is 3.18. The molecule has 23 heavy (non-hydrogen) atoms. The number of imidazole rings is 1. The summed E-state index contributed by atoms with van der Waals surface area (Å²) in [6.07, 6.45) is 14.0. The van der Waals surface area contributed by atoms with Gasteiger partial charge in [-0.15, -0.1) is 10.9 Å². The summed E-state index contributed by atoms with van der Waals surface area (Å²) in [4.78, 5) is 0. The van der Waals surface area contributed by atoms with Crippen LogP contribution in [0.25, 0.3) is 6.08 Å². The summed E-state index contributed by atoms with van der Waals surface area (Å²) in [5.41, 5.74) is 6.48. The van der Waals surface area contributed by atoms with E-state index in [4.69, 9.17) is 0 Å². The van der Waals surface area contributed by atoms with Crippen molar-refractivity contribution in [3.63, 3.8) is 0 Å². The molecule has 1 aliphatic heterocycles. The van der Waals surface area contributed by atoms with Gasteiger partial charge in [0.2, 0.25) is 0 Å². The number of nitrogens with zero attached hydrogens (tertiary/aromatic N) is 2. The molecular formula is C20H25BN2. The molecular weight excluding hydrogens is 279 g/mol. The lowest BCUT2D eigenvalue weighted by atomic mass is 9.56. The van der Waals surface area contributed by atoms with Crippen LogP contribution in [0.2, 0.25) is 5.31 Å². The number of hydrogen-bond donors (Lipinski definition) is 0. The molecule has 1 saturated carbocycles. The standard InChI is InChI=1S/C20H25BN2/c1-22-12-13-23(2)19(22)21-18-17-10-6-5-8-15(17)14-16-9-4-3-7-11-20(16,18)21/h5-6,8,10,12-14,18,21H,3-4,7,9,11H2,1-2H3. The van der Waals surface area contributed by atoms with Crippen molar-refractivity contribution in [3.05, 3.63) is 53.4 Å². The Morgan fingerprint density at radius 3 is 2.91 bits per heavy atom. The molecule has 2 heterocycles. The molecule has 2 aromatic rings. The molecule has 1 spiro atoms. The molecule has 0 bridgehead atoms. The van der Waals surface area contributed by atoms with Crippen LogP contribution in [0.1, 0.15) is 49.0 Å². The molecule has 3 unspecified atom stereocenters. The third-order valence-corrected chi connectivity index (χ3v) is 7.17. The molecule has 2 aliphatic carbocycles. The third-order valence-electron chi connectivity index (χ3n) is 7.17. The zero-order valence-electron chi connectivity index (χ0n) is 14.3. The van der Waals surface area contributed by atoms with E-state index in [1.54, 1.807) is 16.9 Å². The molecule has 2 nitrogen and oxygen atoms in total. The first kappa shape index (κ1) is 13.7. The lowest BCUT2D eigenvalue weighted by molar-refractivity contribution is -0.653. The lowest BCUT2D eigenvalue weighted by Gasteiger charge is -2.32. The van der Waals surface area contributed by atoms with E-state index >= 15 is 0 Å². The lowest BCUT2D eigenvalue weighted by Crippen LogP contribution is -2.52. The van der Waals surface area contributed by atoms with E-state index in [0.29, 0.717) is 5.31 Å². The van der Waals surface area contributed by atoms with Crippen LogP contribution in [0.5, 0.6) is 0 Å². The number of fused-ring (bicyclic) bond motifs is 2. The highest BCUT2D eigenvalue weighted by Gasteiger charge is 2.63. The van der Waals surface area contributed by atoms with Crippen LogP contribution in [-0.2, 0) is 14.1 Å². The summed E-state index contributed by atoms with van der Waals surface area (Å²) < 4.78 is 4.77. The molecule has 1 saturated heterocycles. The SMILES string of the molecule is Cn1cc[n+](C)c1[BH-]1C2c3ccccc3C=C3CCCCCC132. The Bertz CT molecular complexity index is 799. The van der Waals surface area contributed by atoms with Gasteiger partial charge in [0, 0.05) is 0 Å². The molecule has 0 N–H and O–H groups in total. The third kappa shape index (κ3) is 1.68. The van der Waals surface area contributed by atoms with Crippen molar-refractivity contribution in [2.45, 2.75) is 43.2 Å². The van der Waals surface area contributed by atoms with E-state index < -0.39 is 0 Å². The smallest absolute Gasteiger partial charge is 0.126 e. The van der Waals surface area contributed by atoms with E-state index in [1.807, 2.05) is 0 Å². The number of benzene rings is 1. The first-order valence-corrected chi connectivity index (χ1v) is 9.25. The molecule has 3 aliphatic rings. The maximum atomic E-state index is 2.56. The Morgan fingerprint density at radius 1 is 1.22 bits per heavy atom. The van der Waals surface area contributed by atoms with Crippen molar-refractivity contribution in [2.75, 3.05) is 0 Å². The van der Waals surface area contributed by atoms with Crippen molar-refractivity contribution in [1.82, 2.24) is 4.57 Å². The van der Waals surface area contributed by atoms with Gasteiger partial charge in [-0.05, 0) is 18.4 Å². The Balaban J connectivity index is 1.73. The highest BCUT2D eigenvalue weighted by atomic mass is 15.1. The number of aryl methyl sites for hydroxylation is 2. The Hall–Kier alpha value is -1.77. The Kier molecular flexibility index (Phi) is 2.75. The number of rotatable bonds is 1. The fraction of sp³-hybridized carbons (Fsp3) is 0.450. The summed E-state index contributed by atoms with van der Waals surface area (Å²) in [6.45, 7) is -0.365. The van der Waals surface area contributed by atoms with Crippen LogP contribution in [0, 0.1) is 0 Å². The molecule has 118 valence electrons. The fourth-order valence-electron chi connectivity index (χ4n) is 6.23. The second-order valence-corrected chi connectivity index (χ2v) is 8.09. The second-order valence-electron chi connectivity index (χ2n) is 8.09. The van der Waals surface area contributed by atoms with Gasteiger partial charge in [-0.25, -0.2) is 0 Å². The predicted octanol–water partition coefficient (Wildman–Crippen LogP) is 2.72. The van der Waals surface area contributed by atoms with Crippen molar-refractivity contribution in [3.8, 4) is 0 Å². The van der Waals surface area contributed by atoms with E-state index in [2.05, 4.69) is 66.0 Å². The van der Waals surface area contributed by atoms with Crippen LogP contribution in [0.3, 0.4) is 0 Å². The average molecular weight is 304 g/mol. The monoisotopic (exact) mass is 304 g/mol. The first-order valence-electron chi connectivity index (χ1n) is 9.25. The van der Waals surface area contributed by atoms with Crippen LogP contribution in [-0.4, -0.2) is 11.3 Å². The van der Waals surface area contributed by atoms with E-state index in [0.717, 1.165) is 5.82 Å². The summed E-state index contributed by atoms with van der Waals surface area (Å²) in [6, 6.07) is 9.17. The largest absolute Gasteiger partial charge is 0.274 e. The van der Waals surface area contributed by atoms with Gasteiger partial charge < -0.3 is 0 Å². The molecule has 0 amide bonds. The predicted molar refractivity (Wildman–Crippen MR) is 96.3 cm³/mol. The molecule has 5 rings (SSSR count). The van der Waals surface area contributed by atoms with Gasteiger partial charge in [-0.2, -0.15) is 5.82 Å². The maximum absolute atomic E-state index is 2.56. The highest BCUT2D eigenvalue weighted by molar-refractivity contribution is 6.87. The van der Waals surface area contributed by atoms with Crippen molar-refractivity contribution >= 4 is 18.5 Å².